The minimum absolute atomic E-state index is 0.0365. The molecule has 0 amide bonds. The van der Waals surface area contributed by atoms with E-state index in [4.69, 9.17) is 0 Å². The predicted molar refractivity (Wildman–Crippen MR) is 82.0 cm³/mol. The average Bonchev–Trinajstić information content (AvgIpc) is 2.87. The van der Waals surface area contributed by atoms with Crippen molar-refractivity contribution in [1.82, 2.24) is 19.6 Å². The minimum atomic E-state index is -3.82. The van der Waals surface area contributed by atoms with Crippen LogP contribution >= 0.6 is 11.8 Å². The molecule has 9 heteroatoms. The van der Waals surface area contributed by atoms with Gasteiger partial charge in [-0.1, -0.05) is 18.2 Å². The summed E-state index contributed by atoms with van der Waals surface area (Å²) < 4.78 is 26.8. The Bertz CT molecular complexity index is 1010. The summed E-state index contributed by atoms with van der Waals surface area (Å²) in [7, 11) is -3.82. The van der Waals surface area contributed by atoms with Gasteiger partial charge in [0, 0.05) is 0 Å². The number of benzene rings is 1. The van der Waals surface area contributed by atoms with E-state index < -0.39 is 15.5 Å². The van der Waals surface area contributed by atoms with Crippen molar-refractivity contribution in [3.8, 4) is 0 Å². The summed E-state index contributed by atoms with van der Waals surface area (Å²) in [6, 6.07) is 8.02. The van der Waals surface area contributed by atoms with Crippen LogP contribution in [0.3, 0.4) is 0 Å². The lowest BCUT2D eigenvalue weighted by Gasteiger charge is -2.04. The van der Waals surface area contributed by atoms with Crippen molar-refractivity contribution in [2.45, 2.75) is 21.7 Å². The summed E-state index contributed by atoms with van der Waals surface area (Å²) in [6.45, 7) is 1.59. The van der Waals surface area contributed by atoms with E-state index in [0.717, 1.165) is 16.3 Å². The molecule has 0 bridgehead atoms. The van der Waals surface area contributed by atoms with Crippen LogP contribution in [0.25, 0.3) is 5.65 Å². The predicted octanol–water partition coefficient (Wildman–Crippen LogP) is 1.28. The smallest absolute Gasteiger partial charge is 0.294 e. The Morgan fingerprint density at radius 2 is 1.91 bits per heavy atom. The fourth-order valence-corrected chi connectivity index (χ4v) is 4.51. The highest BCUT2D eigenvalue weighted by Crippen LogP contribution is 2.31. The van der Waals surface area contributed by atoms with Gasteiger partial charge in [0.1, 0.15) is 10.9 Å². The van der Waals surface area contributed by atoms with Gasteiger partial charge < -0.3 is 0 Å². The molecule has 1 aromatic carbocycles. The number of hydrogen-bond donors (Lipinski definition) is 1. The van der Waals surface area contributed by atoms with Crippen molar-refractivity contribution in [2.75, 3.05) is 6.26 Å². The van der Waals surface area contributed by atoms with Gasteiger partial charge in [-0.05, 0) is 25.3 Å². The fourth-order valence-electron chi connectivity index (χ4n) is 2.10. The Morgan fingerprint density at radius 1 is 1.23 bits per heavy atom. The van der Waals surface area contributed by atoms with Gasteiger partial charge in [-0.3, -0.25) is 4.98 Å². The van der Waals surface area contributed by atoms with Gasteiger partial charge in [0.15, 0.2) is 10.5 Å². The van der Waals surface area contributed by atoms with Crippen LogP contribution in [0.15, 0.2) is 49.9 Å². The van der Waals surface area contributed by atoms with Crippen LogP contribution in [0.2, 0.25) is 0 Å². The van der Waals surface area contributed by atoms with Gasteiger partial charge >= 0.3 is 5.69 Å². The van der Waals surface area contributed by atoms with E-state index in [2.05, 4.69) is 15.1 Å². The second-order valence-electron chi connectivity index (χ2n) is 4.52. The molecule has 0 unspecified atom stereocenters. The van der Waals surface area contributed by atoms with Crippen LogP contribution in [-0.2, 0) is 9.84 Å². The molecule has 0 aliphatic carbocycles. The molecule has 2 aromatic heterocycles. The van der Waals surface area contributed by atoms with E-state index in [0.29, 0.717) is 5.82 Å². The minimum Gasteiger partial charge on any atom is -0.294 e. The first-order valence-electron chi connectivity index (χ1n) is 6.29. The SMILES string of the molecule is CSc1nn2c(=O)[nH]c(C)nc2c1S(=O)(=O)c1ccccc1. The van der Waals surface area contributed by atoms with E-state index in [-0.39, 0.29) is 20.5 Å². The van der Waals surface area contributed by atoms with Crippen LogP contribution in [-0.4, -0.2) is 34.3 Å². The molecule has 0 spiro atoms. The molecule has 0 radical (unpaired) electrons. The molecule has 0 atom stereocenters. The van der Waals surface area contributed by atoms with Crippen molar-refractivity contribution in [2.24, 2.45) is 0 Å². The third-order valence-corrected chi connectivity index (χ3v) is 5.67. The number of H-pyrrole nitrogens is 1. The van der Waals surface area contributed by atoms with Crippen LogP contribution < -0.4 is 5.69 Å². The zero-order valence-electron chi connectivity index (χ0n) is 11.8. The number of fused-ring (bicyclic) bond motifs is 1. The zero-order chi connectivity index (χ0) is 15.9. The topological polar surface area (TPSA) is 97.2 Å². The first-order valence-corrected chi connectivity index (χ1v) is 8.99. The maximum absolute atomic E-state index is 12.9. The molecule has 0 aliphatic rings. The molecule has 0 saturated heterocycles. The van der Waals surface area contributed by atoms with E-state index >= 15 is 0 Å². The lowest BCUT2D eigenvalue weighted by atomic mass is 10.4. The number of rotatable bonds is 3. The Kier molecular flexibility index (Phi) is 3.53. The van der Waals surface area contributed by atoms with Gasteiger partial charge in [0.25, 0.3) is 0 Å². The first kappa shape index (κ1) is 14.8. The quantitative estimate of drug-likeness (QED) is 0.724. The maximum Gasteiger partial charge on any atom is 0.349 e. The second-order valence-corrected chi connectivity index (χ2v) is 7.20. The van der Waals surface area contributed by atoms with Crippen molar-refractivity contribution in [3.05, 3.63) is 46.6 Å². The summed E-state index contributed by atoms with van der Waals surface area (Å²) >= 11 is 1.15. The normalized spacial score (nSPS) is 11.9. The molecule has 7 nitrogen and oxygen atoms in total. The Labute approximate surface area is 130 Å². The van der Waals surface area contributed by atoms with Crippen molar-refractivity contribution in [1.29, 1.82) is 0 Å². The molecule has 3 aromatic rings. The summed E-state index contributed by atoms with van der Waals surface area (Å²) in [5, 5.41) is 4.30. The maximum atomic E-state index is 12.9. The summed E-state index contributed by atoms with van der Waals surface area (Å²) in [5.41, 5.74) is -0.484. The third-order valence-electron chi connectivity index (χ3n) is 3.06. The van der Waals surface area contributed by atoms with E-state index in [1.807, 2.05) is 0 Å². The molecule has 22 heavy (non-hydrogen) atoms. The third kappa shape index (κ3) is 2.22. The largest absolute Gasteiger partial charge is 0.349 e. The number of nitrogens with one attached hydrogen (secondary N) is 1. The van der Waals surface area contributed by atoms with Crippen LogP contribution in [0.5, 0.6) is 0 Å². The monoisotopic (exact) mass is 336 g/mol. The number of aryl methyl sites for hydroxylation is 1. The highest BCUT2D eigenvalue weighted by Gasteiger charge is 2.29. The second kappa shape index (κ2) is 5.25. The molecule has 114 valence electrons. The number of hydrogen-bond acceptors (Lipinski definition) is 6. The highest BCUT2D eigenvalue weighted by molar-refractivity contribution is 7.99. The van der Waals surface area contributed by atoms with Gasteiger partial charge in [0.2, 0.25) is 9.84 Å². The van der Waals surface area contributed by atoms with Gasteiger partial charge in [-0.15, -0.1) is 11.8 Å². The van der Waals surface area contributed by atoms with Gasteiger partial charge in [0.05, 0.1) is 4.90 Å². The summed E-state index contributed by atoms with van der Waals surface area (Å²) in [4.78, 5) is 18.7. The first-order chi connectivity index (χ1) is 10.4. The molecule has 3 rings (SSSR count). The van der Waals surface area contributed by atoms with Gasteiger partial charge in [-0.25, -0.2) is 18.2 Å². The molecule has 2 heterocycles. The van der Waals surface area contributed by atoms with Crippen molar-refractivity contribution >= 4 is 27.2 Å². The zero-order valence-corrected chi connectivity index (χ0v) is 13.4. The molecular weight excluding hydrogens is 324 g/mol. The highest BCUT2D eigenvalue weighted by atomic mass is 32.2. The Morgan fingerprint density at radius 3 is 2.55 bits per heavy atom. The molecule has 1 N–H and O–H groups in total. The standard InChI is InChI=1S/C13H12N4O3S2/c1-8-14-11-10(12(21-2)16-17(11)13(18)15-8)22(19,20)9-6-4-3-5-7-9/h3-7H,1-2H3,(H,14,15,18). The van der Waals surface area contributed by atoms with Crippen LogP contribution in [0, 0.1) is 6.92 Å². The fraction of sp³-hybridized carbons (Fsp3) is 0.154. The summed E-state index contributed by atoms with van der Waals surface area (Å²) in [6.07, 6.45) is 1.70. The number of aromatic nitrogens is 4. The van der Waals surface area contributed by atoms with Crippen LogP contribution in [0.4, 0.5) is 0 Å². The van der Waals surface area contributed by atoms with Crippen LogP contribution in [0.1, 0.15) is 5.82 Å². The van der Waals surface area contributed by atoms with E-state index in [9.17, 15) is 13.2 Å². The van der Waals surface area contributed by atoms with Gasteiger partial charge in [-0.2, -0.15) is 9.61 Å². The molecular formula is C13H12N4O3S2. The Hall–Kier alpha value is -2.13. The molecule has 0 fully saturated rings. The average molecular weight is 336 g/mol. The Balaban J connectivity index is 2.42. The molecule has 0 aliphatic heterocycles. The summed E-state index contributed by atoms with van der Waals surface area (Å²) in [5.74, 6) is 0.328. The number of aromatic amines is 1. The van der Waals surface area contributed by atoms with E-state index in [1.165, 1.54) is 12.1 Å². The number of sulfone groups is 1. The lowest BCUT2D eigenvalue weighted by molar-refractivity contribution is 0.594. The molecule has 0 saturated carbocycles. The van der Waals surface area contributed by atoms with Crippen molar-refractivity contribution in [3.63, 3.8) is 0 Å². The number of nitrogens with zero attached hydrogens (tertiary/aromatic N) is 3. The lowest BCUT2D eigenvalue weighted by Crippen LogP contribution is -2.20. The number of thioether (sulfide) groups is 1. The van der Waals surface area contributed by atoms with Crippen molar-refractivity contribution < 1.29 is 8.42 Å². The van der Waals surface area contributed by atoms with E-state index in [1.54, 1.807) is 31.4 Å².